The SMILES string of the molecule is CCOc1ccc(/C=N/NC(=O)C(=O)Nc2sc3c(c2C(=O)OC)CCC3)cc1. The molecule has 0 saturated heterocycles. The van der Waals surface area contributed by atoms with E-state index in [9.17, 15) is 14.4 Å². The Morgan fingerprint density at radius 3 is 2.62 bits per heavy atom. The summed E-state index contributed by atoms with van der Waals surface area (Å²) in [5, 5.41) is 6.62. The van der Waals surface area contributed by atoms with Crippen molar-refractivity contribution in [3.8, 4) is 5.75 Å². The van der Waals surface area contributed by atoms with E-state index in [1.807, 2.05) is 6.92 Å². The van der Waals surface area contributed by atoms with Crippen LogP contribution in [0.3, 0.4) is 0 Å². The Kier molecular flexibility index (Phi) is 6.61. The van der Waals surface area contributed by atoms with Crippen molar-refractivity contribution in [2.45, 2.75) is 26.2 Å². The molecule has 8 nitrogen and oxygen atoms in total. The molecule has 1 aromatic heterocycles. The van der Waals surface area contributed by atoms with Crippen LogP contribution in [0.2, 0.25) is 0 Å². The summed E-state index contributed by atoms with van der Waals surface area (Å²) in [4.78, 5) is 37.4. The quantitative estimate of drug-likeness (QED) is 0.326. The monoisotopic (exact) mass is 415 g/mol. The average molecular weight is 415 g/mol. The van der Waals surface area contributed by atoms with Crippen molar-refractivity contribution in [2.24, 2.45) is 5.10 Å². The smallest absolute Gasteiger partial charge is 0.341 e. The molecule has 9 heteroatoms. The van der Waals surface area contributed by atoms with E-state index in [4.69, 9.17) is 9.47 Å². The zero-order valence-corrected chi connectivity index (χ0v) is 16.9. The summed E-state index contributed by atoms with van der Waals surface area (Å²) in [5.41, 5.74) is 4.14. The number of rotatable bonds is 6. The molecule has 0 fully saturated rings. The number of hydrogen-bond donors (Lipinski definition) is 2. The van der Waals surface area contributed by atoms with Gasteiger partial charge >= 0.3 is 17.8 Å². The van der Waals surface area contributed by atoms with Crippen LogP contribution in [0.25, 0.3) is 0 Å². The number of methoxy groups -OCH3 is 1. The Morgan fingerprint density at radius 1 is 1.17 bits per heavy atom. The first-order chi connectivity index (χ1) is 14.0. The first kappa shape index (κ1) is 20.5. The van der Waals surface area contributed by atoms with E-state index >= 15 is 0 Å². The second kappa shape index (κ2) is 9.33. The van der Waals surface area contributed by atoms with Crippen LogP contribution in [0.5, 0.6) is 5.75 Å². The van der Waals surface area contributed by atoms with Gasteiger partial charge in [-0.3, -0.25) is 9.59 Å². The molecule has 0 aliphatic heterocycles. The highest BCUT2D eigenvalue weighted by Crippen LogP contribution is 2.39. The zero-order valence-electron chi connectivity index (χ0n) is 16.1. The highest BCUT2D eigenvalue weighted by molar-refractivity contribution is 7.17. The predicted molar refractivity (Wildman–Crippen MR) is 110 cm³/mol. The molecule has 3 rings (SSSR count). The van der Waals surface area contributed by atoms with E-state index in [2.05, 4.69) is 15.8 Å². The summed E-state index contributed by atoms with van der Waals surface area (Å²) in [6, 6.07) is 7.11. The van der Waals surface area contributed by atoms with Crippen molar-refractivity contribution in [1.82, 2.24) is 5.43 Å². The molecule has 0 saturated carbocycles. The summed E-state index contributed by atoms with van der Waals surface area (Å²) < 4.78 is 10.2. The number of ether oxygens (including phenoxy) is 2. The van der Waals surface area contributed by atoms with Crippen LogP contribution in [0.1, 0.15) is 39.7 Å². The van der Waals surface area contributed by atoms with Crippen LogP contribution < -0.4 is 15.5 Å². The second-order valence-corrected chi connectivity index (χ2v) is 7.31. The van der Waals surface area contributed by atoms with Gasteiger partial charge < -0.3 is 14.8 Å². The predicted octanol–water partition coefficient (Wildman–Crippen LogP) is 2.51. The van der Waals surface area contributed by atoms with Crippen molar-refractivity contribution >= 4 is 40.3 Å². The minimum atomic E-state index is -0.934. The number of esters is 1. The number of thiophene rings is 1. The second-order valence-electron chi connectivity index (χ2n) is 6.21. The molecule has 1 aliphatic carbocycles. The molecule has 0 bridgehead atoms. The molecule has 1 aliphatic rings. The summed E-state index contributed by atoms with van der Waals surface area (Å²) in [5.74, 6) is -1.62. The van der Waals surface area contributed by atoms with Crippen molar-refractivity contribution in [3.63, 3.8) is 0 Å². The van der Waals surface area contributed by atoms with E-state index in [0.717, 1.165) is 41.0 Å². The van der Waals surface area contributed by atoms with Gasteiger partial charge in [-0.1, -0.05) is 0 Å². The number of fused-ring (bicyclic) bond motifs is 1. The lowest BCUT2D eigenvalue weighted by Gasteiger charge is -2.06. The van der Waals surface area contributed by atoms with Gasteiger partial charge in [-0.05, 0) is 61.6 Å². The third-order valence-electron chi connectivity index (χ3n) is 4.31. The van der Waals surface area contributed by atoms with Gasteiger partial charge in [-0.25, -0.2) is 10.2 Å². The van der Waals surface area contributed by atoms with Gasteiger partial charge in [0.2, 0.25) is 0 Å². The number of nitrogens with zero attached hydrogens (tertiary/aromatic N) is 1. The number of hydrogen-bond acceptors (Lipinski definition) is 7. The Hall–Kier alpha value is -3.20. The van der Waals surface area contributed by atoms with Gasteiger partial charge in [-0.15, -0.1) is 11.3 Å². The highest BCUT2D eigenvalue weighted by Gasteiger charge is 2.29. The molecule has 2 N–H and O–H groups in total. The third-order valence-corrected chi connectivity index (χ3v) is 5.52. The van der Waals surface area contributed by atoms with Gasteiger partial charge in [0.25, 0.3) is 0 Å². The number of nitrogens with one attached hydrogen (secondary N) is 2. The third kappa shape index (κ3) is 4.80. The zero-order chi connectivity index (χ0) is 20.8. The van der Waals surface area contributed by atoms with Crippen LogP contribution in [0.15, 0.2) is 29.4 Å². The lowest BCUT2D eigenvalue weighted by atomic mass is 10.1. The van der Waals surface area contributed by atoms with Gasteiger partial charge in [0.1, 0.15) is 10.8 Å². The largest absolute Gasteiger partial charge is 0.494 e. The van der Waals surface area contributed by atoms with E-state index < -0.39 is 17.8 Å². The molecule has 152 valence electrons. The number of hydrazone groups is 1. The summed E-state index contributed by atoms with van der Waals surface area (Å²) in [6.45, 7) is 2.47. The van der Waals surface area contributed by atoms with E-state index in [0.29, 0.717) is 17.2 Å². The molecule has 2 aromatic rings. The first-order valence-corrected chi connectivity index (χ1v) is 9.95. The van der Waals surface area contributed by atoms with Gasteiger partial charge in [-0.2, -0.15) is 5.10 Å². The number of benzene rings is 1. The normalized spacial score (nSPS) is 12.5. The molecule has 0 unspecified atom stereocenters. The fourth-order valence-corrected chi connectivity index (χ4v) is 4.28. The number of carbonyl (C=O) groups excluding carboxylic acids is 3. The molecule has 1 heterocycles. The molecule has 2 amide bonds. The van der Waals surface area contributed by atoms with Gasteiger partial charge in [0, 0.05) is 4.88 Å². The Labute approximate surface area is 171 Å². The maximum Gasteiger partial charge on any atom is 0.341 e. The summed E-state index contributed by atoms with van der Waals surface area (Å²) in [7, 11) is 1.29. The Balaban J connectivity index is 1.61. The minimum absolute atomic E-state index is 0.331. The van der Waals surface area contributed by atoms with Crippen LogP contribution in [-0.4, -0.2) is 37.7 Å². The van der Waals surface area contributed by atoms with Crippen LogP contribution in [-0.2, 0) is 27.2 Å². The molecular formula is C20H21N3O5S. The van der Waals surface area contributed by atoms with Crippen molar-refractivity contribution < 1.29 is 23.9 Å². The number of anilines is 1. The minimum Gasteiger partial charge on any atom is -0.494 e. The Morgan fingerprint density at radius 2 is 1.93 bits per heavy atom. The topological polar surface area (TPSA) is 106 Å². The molecule has 0 atom stereocenters. The van der Waals surface area contributed by atoms with Crippen LogP contribution in [0.4, 0.5) is 5.00 Å². The van der Waals surface area contributed by atoms with Crippen molar-refractivity contribution in [1.29, 1.82) is 0 Å². The lowest BCUT2D eigenvalue weighted by Crippen LogP contribution is -2.32. The maximum absolute atomic E-state index is 12.2. The maximum atomic E-state index is 12.2. The summed E-state index contributed by atoms with van der Waals surface area (Å²) >= 11 is 1.30. The molecule has 0 radical (unpaired) electrons. The highest BCUT2D eigenvalue weighted by atomic mass is 32.1. The van der Waals surface area contributed by atoms with Gasteiger partial charge in [0.15, 0.2) is 0 Å². The van der Waals surface area contributed by atoms with E-state index in [1.165, 1.54) is 24.7 Å². The first-order valence-electron chi connectivity index (χ1n) is 9.13. The van der Waals surface area contributed by atoms with Crippen molar-refractivity contribution in [2.75, 3.05) is 19.0 Å². The fourth-order valence-electron chi connectivity index (χ4n) is 3.00. The fraction of sp³-hybridized carbons (Fsp3) is 0.300. The molecule has 0 spiro atoms. The number of amides is 2. The molecular weight excluding hydrogens is 394 g/mol. The lowest BCUT2D eigenvalue weighted by molar-refractivity contribution is -0.136. The standard InChI is InChI=1S/C20H21N3O5S/c1-3-28-13-9-7-12(8-10-13)11-21-23-18(25)17(24)22-19-16(20(26)27-2)14-5-4-6-15(14)29-19/h7-11H,3-6H2,1-2H3,(H,22,24)(H,23,25)/b21-11+. The molecule has 29 heavy (non-hydrogen) atoms. The number of aryl methyl sites for hydroxylation is 1. The van der Waals surface area contributed by atoms with E-state index in [1.54, 1.807) is 24.3 Å². The van der Waals surface area contributed by atoms with Gasteiger partial charge in [0.05, 0.1) is 25.5 Å². The van der Waals surface area contributed by atoms with Crippen molar-refractivity contribution in [3.05, 3.63) is 45.8 Å². The van der Waals surface area contributed by atoms with Crippen LogP contribution >= 0.6 is 11.3 Å². The van der Waals surface area contributed by atoms with E-state index in [-0.39, 0.29) is 0 Å². The average Bonchev–Trinajstić information content (AvgIpc) is 3.29. The van der Waals surface area contributed by atoms with Crippen LogP contribution in [0, 0.1) is 0 Å². The number of carbonyl (C=O) groups is 3. The summed E-state index contributed by atoms with van der Waals surface area (Å²) in [6.07, 6.45) is 3.98. The Bertz CT molecular complexity index is 950. The molecule has 1 aromatic carbocycles.